The lowest BCUT2D eigenvalue weighted by Gasteiger charge is -2.50. The van der Waals surface area contributed by atoms with Crippen LogP contribution in [0.1, 0.15) is 16.7 Å². The molecule has 16 bridgehead atoms. The summed E-state index contributed by atoms with van der Waals surface area (Å²) < 4.78 is 126. The number of hydrogen-bond acceptors (Lipinski definition) is 42. The van der Waals surface area contributed by atoms with Crippen molar-refractivity contribution in [3.63, 3.8) is 0 Å². The predicted molar refractivity (Wildman–Crippen MR) is 315 cm³/mol. The van der Waals surface area contributed by atoms with E-state index in [0.29, 0.717) is 5.56 Å². The molecule has 102 heavy (non-hydrogen) atoms. The summed E-state index contributed by atoms with van der Waals surface area (Å²) in [7, 11) is -4.83. The number of azide groups is 1. The molecule has 45 heteroatoms. The summed E-state index contributed by atoms with van der Waals surface area (Å²) in [6.45, 7) is -4.15. The van der Waals surface area contributed by atoms with Crippen LogP contribution in [0.15, 0.2) is 22.1 Å². The number of aliphatic hydroxyl groups excluding tert-OH is 22. The minimum atomic E-state index is -4.83. The van der Waals surface area contributed by atoms with E-state index >= 15 is 0 Å². The van der Waals surface area contributed by atoms with E-state index in [9.17, 15) is 126 Å². The summed E-state index contributed by atoms with van der Waals surface area (Å²) in [4.78, 5) is 2.34. The van der Waals surface area contributed by atoms with Gasteiger partial charge in [-0.05, 0) is 37.4 Å². The van der Waals surface area contributed by atoms with Gasteiger partial charge in [-0.3, -0.25) is 4.18 Å². The van der Waals surface area contributed by atoms with Crippen molar-refractivity contribution in [3.8, 4) is 0 Å². The second-order valence-corrected chi connectivity index (χ2v) is 27.5. The second-order valence-electron chi connectivity index (χ2n) is 26.0. The largest absolute Gasteiger partial charge is 0.394 e. The van der Waals surface area contributed by atoms with Crippen molar-refractivity contribution in [3.05, 3.63) is 39.3 Å². The van der Waals surface area contributed by atoms with Crippen molar-refractivity contribution in [2.75, 3.05) is 52.8 Å². The third kappa shape index (κ3) is 16.4. The first-order chi connectivity index (χ1) is 48.4. The number of aryl methyl sites for hydroxylation is 3. The van der Waals surface area contributed by atoms with E-state index in [4.69, 9.17) is 80.0 Å². The van der Waals surface area contributed by atoms with Crippen molar-refractivity contribution in [1.29, 1.82) is 0 Å². The quantitative estimate of drug-likeness (QED) is 0.0400. The highest BCUT2D eigenvalue weighted by atomic mass is 32.2. The van der Waals surface area contributed by atoms with Gasteiger partial charge in [0.15, 0.2) is 50.3 Å². The second kappa shape index (κ2) is 34.2. The van der Waals surface area contributed by atoms with Crippen molar-refractivity contribution in [2.24, 2.45) is 5.11 Å². The lowest BCUT2D eigenvalue weighted by molar-refractivity contribution is -0.403. The minimum absolute atomic E-state index is 0.218. The zero-order valence-corrected chi connectivity index (χ0v) is 55.1. The summed E-state index contributed by atoms with van der Waals surface area (Å²) in [5.74, 6) is 0. The number of hydrogen-bond donors (Lipinski definition) is 22. The molecule has 0 radical (unpaired) electrons. The number of rotatable bonds is 12. The van der Waals surface area contributed by atoms with Gasteiger partial charge >= 0.3 is 0 Å². The van der Waals surface area contributed by atoms with Crippen LogP contribution in [0.3, 0.4) is 0 Å². The minimum Gasteiger partial charge on any atom is -0.394 e. The molecule has 0 aliphatic carbocycles. The molecule has 0 unspecified atom stereocenters. The Labute approximate surface area is 577 Å². The topological polar surface area (TPSA) is 685 Å². The Morgan fingerprint density at radius 1 is 0.333 bits per heavy atom. The van der Waals surface area contributed by atoms with Crippen LogP contribution in [0.25, 0.3) is 10.4 Å². The van der Waals surface area contributed by atoms with Gasteiger partial charge in [-0.25, -0.2) is 0 Å². The Bertz CT molecular complexity index is 3010. The van der Waals surface area contributed by atoms with E-state index in [1.165, 1.54) is 26.0 Å². The van der Waals surface area contributed by atoms with E-state index < -0.39 is 309 Å². The van der Waals surface area contributed by atoms with Crippen molar-refractivity contribution in [2.45, 2.75) is 271 Å². The van der Waals surface area contributed by atoms with Crippen LogP contribution >= 0.6 is 0 Å². The van der Waals surface area contributed by atoms with Gasteiger partial charge in [0.05, 0.1) is 63.8 Å². The molecule has 44 nitrogen and oxygen atoms in total. The fourth-order valence-electron chi connectivity index (χ4n) is 13.8. The first kappa shape index (κ1) is 81.4. The Morgan fingerprint density at radius 2 is 0.529 bits per heavy atom. The first-order valence-electron chi connectivity index (χ1n) is 32.4. The molecule has 0 spiro atoms. The Balaban J connectivity index is 0.954. The lowest BCUT2D eigenvalue weighted by atomic mass is 9.94. The number of benzene rings is 1. The number of ether oxygens (including phenoxy) is 16. The maximum Gasteiger partial charge on any atom is 0.297 e. The molecule has 30 fully saturated rings. The molecule has 40 atom stereocenters. The molecule has 30 heterocycles. The SMILES string of the molecule is Cc1cc(C)c(S(=O)(=O)OC[C@H]2O[C@@H]3O[C@H]4[C@H](O)[C@@H](O)[C@@H](O[C@H]5[C@H](O)[C@@H](O)[C@@H](O[C@H]6[C@H](O)[C@@H](O)[C@@H](O[C@H]7[C@H](O)[C@@H](O)[C@@H](O[C@H]8[C@H](O)[C@@H](O)[C@@H](O[C@H]9[C@H](O)[C@@H](O)[C@@H](O[C@H]%10[C@H](O)[C@@H](O)[C@@H](O[C@H]2[C@H](O)[C@H]3O)O[C@@H]%10CO)O[C@@H]9CN=[N+]=[N-])O[C@@H]8CO)O[C@@H]7CO)O[C@@H]6CO)O[C@@H]5CO)O[C@@H]4CO)c(C)c1. The normalized spacial score (nSPS) is 49.4. The average molecular weight is 1500 g/mol. The zero-order chi connectivity index (χ0) is 74.4. The van der Waals surface area contributed by atoms with E-state index in [-0.39, 0.29) is 16.0 Å². The highest BCUT2D eigenvalue weighted by Crippen LogP contribution is 2.41. The zero-order valence-electron chi connectivity index (χ0n) is 54.3. The van der Waals surface area contributed by atoms with Gasteiger partial charge in [-0.15, -0.1) is 0 Å². The molecule has 22 N–H and O–H groups in total. The van der Waals surface area contributed by atoms with Crippen molar-refractivity contribution >= 4 is 10.1 Å². The van der Waals surface area contributed by atoms with Crippen LogP contribution in [0, 0.1) is 20.8 Å². The van der Waals surface area contributed by atoms with Gasteiger partial charge < -0.3 is 188 Å². The molecule has 0 amide bonds. The summed E-state index contributed by atoms with van der Waals surface area (Å²) >= 11 is 0. The molecule has 0 aromatic heterocycles. The van der Waals surface area contributed by atoms with E-state index in [2.05, 4.69) is 10.0 Å². The maximum absolute atomic E-state index is 14.0. The summed E-state index contributed by atoms with van der Waals surface area (Å²) in [6.07, 6.45) is -85.3. The van der Waals surface area contributed by atoms with Crippen LogP contribution in [0.5, 0.6) is 0 Å². The summed E-state index contributed by atoms with van der Waals surface area (Å²) in [5, 5.41) is 252. The monoisotopic (exact) mass is 1500 g/mol. The summed E-state index contributed by atoms with van der Waals surface area (Å²) in [6, 6.07) is 3.05. The third-order valence-corrected chi connectivity index (χ3v) is 20.7. The molecule has 1 aromatic rings. The Morgan fingerprint density at radius 3 is 0.745 bits per heavy atom. The van der Waals surface area contributed by atoms with Crippen molar-refractivity contribution in [1.82, 2.24) is 0 Å². The smallest absolute Gasteiger partial charge is 0.297 e. The fraction of sp³-hybridized carbons (Fsp3) is 0.895. The molecule has 31 rings (SSSR count). The molecule has 30 saturated heterocycles. The molecular formula is C57H89N3O41S. The van der Waals surface area contributed by atoms with Crippen LogP contribution in [0.4, 0.5) is 0 Å². The van der Waals surface area contributed by atoms with Gasteiger partial charge in [0.1, 0.15) is 189 Å². The third-order valence-electron chi connectivity index (χ3n) is 19.1. The van der Waals surface area contributed by atoms with Crippen LogP contribution in [-0.2, 0) is 90.1 Å². The lowest BCUT2D eigenvalue weighted by Crippen LogP contribution is -2.69. The average Bonchev–Trinajstić information content (AvgIpc) is 0.895. The van der Waals surface area contributed by atoms with Gasteiger partial charge in [-0.2, -0.15) is 8.42 Å². The van der Waals surface area contributed by atoms with E-state index in [0.717, 1.165) is 0 Å². The highest BCUT2D eigenvalue weighted by molar-refractivity contribution is 7.86. The van der Waals surface area contributed by atoms with E-state index in [1.807, 2.05) is 0 Å². The van der Waals surface area contributed by atoms with Gasteiger partial charge in [-0.1, -0.05) is 22.8 Å². The molecule has 584 valence electrons. The van der Waals surface area contributed by atoms with Crippen LogP contribution in [0.2, 0.25) is 0 Å². The Kier molecular flexibility index (Phi) is 27.3. The van der Waals surface area contributed by atoms with Gasteiger partial charge in [0.25, 0.3) is 10.1 Å². The molecular weight excluding hydrogens is 1410 g/mol. The van der Waals surface area contributed by atoms with Crippen LogP contribution < -0.4 is 0 Å². The molecule has 1 aromatic carbocycles. The molecule has 0 saturated carbocycles. The number of nitrogens with zero attached hydrogens (tertiary/aromatic N) is 3. The maximum atomic E-state index is 14.0. The predicted octanol–water partition coefficient (Wildman–Crippen LogP) is -13.7. The fourth-order valence-corrected chi connectivity index (χ4v) is 15.1. The summed E-state index contributed by atoms with van der Waals surface area (Å²) in [5.41, 5.74) is 10.4. The highest BCUT2D eigenvalue weighted by Gasteiger charge is 2.61. The van der Waals surface area contributed by atoms with Crippen LogP contribution in [-0.4, -0.2) is 419 Å². The first-order valence-corrected chi connectivity index (χ1v) is 33.8. The van der Waals surface area contributed by atoms with E-state index in [1.54, 1.807) is 6.92 Å². The standard InChI is InChI=1S/C57H89N3O41S/c1-14-4-15(2)49(16(3)5-14)102(83,84)85-13-24-48-32(74)40(82)57(93-24)100-47-23(12-66)91-55(38(80)30(47)72)99-46-22(11-65)90-54(37(79)29(46)71)98-45-21(10-64)89-53(36(78)28(45)70)97-44-20(9-63)88-52(35(77)27(44)69)96-43-19(8-62)87-51(34(76)26(43)68)94-41-17(6-59-60-58)86-50(33(75)25(41)67)95-42-18(7-61)92-56(101-48)39(81)31(42)73/h4-5,17-48,50-57,61-82H,6-13H2,1-3H3/t17-,18-,19-,20-,21-,22-,23-,24-,25-,26-,27-,28-,29-,30-,31-,32-,33-,34-,35-,36-,37-,38-,39-,40-,41-,42-,43-,44-,45-,46-,47-,48-,50-,51-,52-,53-,54-,55-,56-,57-/m1/s1. The Hall–Kier alpha value is -3.08. The molecule has 30 aliphatic rings. The van der Waals surface area contributed by atoms with Crippen molar-refractivity contribution < 1.29 is 201 Å². The molecule has 30 aliphatic heterocycles. The van der Waals surface area contributed by atoms with Gasteiger partial charge in [0, 0.05) is 4.91 Å². The van der Waals surface area contributed by atoms with Gasteiger partial charge in [0.2, 0.25) is 0 Å². The number of aliphatic hydroxyl groups is 22.